The molecule has 0 bridgehead atoms. The van der Waals surface area contributed by atoms with Gasteiger partial charge in [-0.3, -0.25) is 0 Å². The van der Waals surface area contributed by atoms with Crippen molar-refractivity contribution in [1.29, 1.82) is 0 Å². The van der Waals surface area contributed by atoms with Gasteiger partial charge >= 0.3 is 111 Å². The van der Waals surface area contributed by atoms with Gasteiger partial charge in [-0.2, -0.15) is 0 Å². The Morgan fingerprint density at radius 2 is 1.31 bits per heavy atom. The predicted octanol–water partition coefficient (Wildman–Crippen LogP) is 2.58. The van der Waals surface area contributed by atoms with Gasteiger partial charge in [-0.1, -0.05) is 0 Å². The second-order valence-corrected chi connectivity index (χ2v) is 52.1. The van der Waals surface area contributed by atoms with Crippen LogP contribution < -0.4 is 8.65 Å². The molecular formula is C6H6Cl5NO2SSb-. The van der Waals surface area contributed by atoms with Crippen molar-refractivity contribution in [2.75, 3.05) is 0 Å². The van der Waals surface area contributed by atoms with E-state index in [1.54, 1.807) is 0 Å². The molecule has 0 saturated carbocycles. The van der Waals surface area contributed by atoms with E-state index in [4.69, 9.17) is 49.3 Å². The topological polar surface area (TPSA) is 60.2 Å². The summed E-state index contributed by atoms with van der Waals surface area (Å²) in [6.07, 6.45) is 0. The van der Waals surface area contributed by atoms with Gasteiger partial charge in [0.15, 0.2) is 0 Å². The summed E-state index contributed by atoms with van der Waals surface area (Å²) in [6.45, 7) is 0. The van der Waals surface area contributed by atoms with Crippen LogP contribution in [0.3, 0.4) is 0 Å². The molecule has 0 saturated heterocycles. The molecule has 0 aliphatic carbocycles. The van der Waals surface area contributed by atoms with Crippen LogP contribution in [0.2, 0.25) is 0 Å². The maximum absolute atomic E-state index is 11.0. The van der Waals surface area contributed by atoms with Crippen molar-refractivity contribution in [3.8, 4) is 0 Å². The fourth-order valence-corrected chi connectivity index (χ4v) is 7.25. The SMILES string of the molecule is NS(=O)(=O)c1cc[c]([Sb-]([Cl])([Cl])([Cl])([Cl])[Cl])cc1. The minimum atomic E-state index is -5.82. The van der Waals surface area contributed by atoms with E-state index in [1.807, 2.05) is 0 Å². The molecule has 0 atom stereocenters. The second-order valence-electron chi connectivity index (χ2n) is 3.10. The molecule has 16 heavy (non-hydrogen) atoms. The molecule has 0 heterocycles. The van der Waals surface area contributed by atoms with E-state index in [0.29, 0.717) is 0 Å². The Kier molecular flexibility index (Phi) is 3.58. The molecule has 1 aromatic rings. The van der Waals surface area contributed by atoms with Crippen LogP contribution in [0, 0.1) is 0 Å². The van der Waals surface area contributed by atoms with Gasteiger partial charge in [0, 0.05) is 0 Å². The fourth-order valence-electron chi connectivity index (χ4n) is 0.918. The third kappa shape index (κ3) is 4.25. The number of benzene rings is 1. The van der Waals surface area contributed by atoms with Gasteiger partial charge < -0.3 is 0 Å². The summed E-state index contributed by atoms with van der Waals surface area (Å²) >= 11 is 0. The Morgan fingerprint density at radius 3 is 1.56 bits per heavy atom. The van der Waals surface area contributed by atoms with Crippen molar-refractivity contribution >= 4 is 68.0 Å². The summed E-state index contributed by atoms with van der Waals surface area (Å²) in [7, 11) is 19.4. The normalized spacial score (nSPS) is 17.6. The van der Waals surface area contributed by atoms with Gasteiger partial charge in [0.25, 0.3) is 0 Å². The molecule has 0 unspecified atom stereocenters. The van der Waals surface area contributed by atoms with Crippen LogP contribution in [-0.4, -0.2) is 18.7 Å². The van der Waals surface area contributed by atoms with Crippen molar-refractivity contribution in [1.82, 2.24) is 0 Å². The summed E-state index contributed by atoms with van der Waals surface area (Å²) in [6, 6.07) is 4.82. The van der Waals surface area contributed by atoms with E-state index in [9.17, 15) is 8.42 Å². The Labute approximate surface area is 109 Å². The maximum atomic E-state index is 11.0. The van der Waals surface area contributed by atoms with E-state index < -0.39 is 20.3 Å². The zero-order chi connectivity index (χ0) is 12.9. The molecular weight excluding hydrogens is 449 g/mol. The molecule has 0 spiro atoms. The molecule has 0 aliphatic rings. The van der Waals surface area contributed by atoms with Crippen LogP contribution in [0.25, 0.3) is 0 Å². The van der Waals surface area contributed by atoms with Crippen molar-refractivity contribution in [3.63, 3.8) is 0 Å². The average Bonchev–Trinajstić information content (AvgIpc) is 1.99. The molecule has 1 aromatic carbocycles. The quantitative estimate of drug-likeness (QED) is 0.698. The van der Waals surface area contributed by atoms with Crippen molar-refractivity contribution < 1.29 is 8.42 Å². The molecule has 0 aromatic heterocycles. The first-order valence-corrected chi connectivity index (χ1v) is 22.6. The predicted molar refractivity (Wildman–Crippen MR) is 72.5 cm³/mol. The van der Waals surface area contributed by atoms with E-state index >= 15 is 0 Å². The molecule has 0 fully saturated rings. The number of hydrogen-bond donors (Lipinski definition) is 1. The Balaban J connectivity index is 3.38. The minimum absolute atomic E-state index is 0.0785. The number of primary sulfonamides is 1. The van der Waals surface area contributed by atoms with Crippen LogP contribution >= 0.6 is 44.1 Å². The number of rotatable bonds is 2. The molecule has 1 rings (SSSR count). The average molecular weight is 455 g/mol. The Morgan fingerprint density at radius 1 is 0.938 bits per heavy atom. The van der Waals surface area contributed by atoms with Gasteiger partial charge in [-0.15, -0.1) is 0 Å². The Bertz CT molecular complexity index is 520. The van der Waals surface area contributed by atoms with E-state index in [-0.39, 0.29) is 8.41 Å². The van der Waals surface area contributed by atoms with Crippen LogP contribution in [-0.2, 0) is 10.0 Å². The van der Waals surface area contributed by atoms with Crippen molar-refractivity contribution in [2.45, 2.75) is 4.90 Å². The first kappa shape index (κ1) is 15.5. The van der Waals surface area contributed by atoms with Gasteiger partial charge in [0.2, 0.25) is 0 Å². The van der Waals surface area contributed by atoms with Gasteiger partial charge in [0.1, 0.15) is 0 Å². The Hall–Kier alpha value is 1.40. The van der Waals surface area contributed by atoms with E-state index in [1.165, 1.54) is 24.3 Å². The third-order valence-electron chi connectivity index (χ3n) is 1.65. The monoisotopic (exact) mass is 452 g/mol. The summed E-state index contributed by atoms with van der Waals surface area (Å²) in [5, 5.41) is 4.91. The number of nitrogens with two attached hydrogens (primary N) is 1. The molecule has 0 amide bonds. The zero-order valence-corrected chi connectivity index (χ0v) is 14.6. The molecule has 94 valence electrons. The van der Waals surface area contributed by atoms with Gasteiger partial charge in [-0.05, 0) is 0 Å². The van der Waals surface area contributed by atoms with E-state index in [2.05, 4.69) is 0 Å². The summed E-state index contributed by atoms with van der Waals surface area (Å²) < 4.78 is 22.0. The zero-order valence-electron chi connectivity index (χ0n) is 7.45. The van der Waals surface area contributed by atoms with E-state index in [0.717, 1.165) is 0 Å². The standard InChI is InChI=1S/C6H6NO2S.5ClH.Sb/c7-10(8,9)6-4-2-1-3-5-6;;;;;;/h2-5H,(H2,7,8,9);5*1H;/q;;;;;;+4/p-5. The number of sulfonamides is 1. The molecule has 0 aliphatic heterocycles. The summed E-state index contributed by atoms with van der Waals surface area (Å²) in [5.74, 6) is 0. The fraction of sp³-hybridized carbons (Fsp3) is 0. The third-order valence-corrected chi connectivity index (χ3v) is 12.8. The summed E-state index contributed by atoms with van der Waals surface area (Å²) in [5.41, 5.74) is 0. The van der Waals surface area contributed by atoms with Crippen LogP contribution in [0.5, 0.6) is 0 Å². The van der Waals surface area contributed by atoms with Crippen molar-refractivity contribution in [2.24, 2.45) is 5.14 Å². The van der Waals surface area contributed by atoms with Gasteiger partial charge in [-0.25, -0.2) is 0 Å². The van der Waals surface area contributed by atoms with Crippen molar-refractivity contribution in [3.05, 3.63) is 24.3 Å². The number of halogens is 5. The first-order valence-electron chi connectivity index (χ1n) is 3.66. The first-order chi connectivity index (χ1) is 6.70. The van der Waals surface area contributed by atoms with Crippen LogP contribution in [0.4, 0.5) is 0 Å². The molecule has 10 heteroatoms. The van der Waals surface area contributed by atoms with Crippen LogP contribution in [0.15, 0.2) is 29.2 Å². The van der Waals surface area contributed by atoms with Gasteiger partial charge in [0.05, 0.1) is 0 Å². The number of hydrogen-bond acceptors (Lipinski definition) is 2. The summed E-state index contributed by atoms with van der Waals surface area (Å²) in [4.78, 5) is -0.116. The molecule has 3 nitrogen and oxygen atoms in total. The van der Waals surface area contributed by atoms with Crippen LogP contribution in [0.1, 0.15) is 0 Å². The second kappa shape index (κ2) is 3.70. The molecule has 2 N–H and O–H groups in total. The molecule has 0 radical (unpaired) electrons.